The van der Waals surface area contributed by atoms with Gasteiger partial charge in [-0.25, -0.2) is 0 Å². The summed E-state index contributed by atoms with van der Waals surface area (Å²) in [6.45, 7) is 12.8. The van der Waals surface area contributed by atoms with Crippen molar-refractivity contribution in [2.45, 2.75) is 46.0 Å². The van der Waals surface area contributed by atoms with Gasteiger partial charge in [-0.15, -0.1) is 0 Å². The van der Waals surface area contributed by atoms with Crippen molar-refractivity contribution in [2.24, 2.45) is 22.7 Å². The predicted molar refractivity (Wildman–Crippen MR) is 99.4 cm³/mol. The Labute approximate surface area is 156 Å². The molecule has 2 heterocycles. The van der Waals surface area contributed by atoms with Gasteiger partial charge in [-0.05, 0) is 43.4 Å². The second kappa shape index (κ2) is 6.36. The molecule has 144 valence electrons. The SMILES string of the molecule is C=C1C(C)(C)[C@H]2CC[C@@]1(C(=O)N1CCC[C@H](C(=O)N3CCOCC3)C1)C2. The van der Waals surface area contributed by atoms with E-state index in [0.717, 1.165) is 44.2 Å². The zero-order valence-electron chi connectivity index (χ0n) is 16.3. The van der Waals surface area contributed by atoms with Crippen molar-refractivity contribution in [3.63, 3.8) is 0 Å². The number of fused-ring (bicyclic) bond motifs is 2. The van der Waals surface area contributed by atoms with Crippen molar-refractivity contribution in [3.05, 3.63) is 12.2 Å². The summed E-state index contributed by atoms with van der Waals surface area (Å²) in [5, 5.41) is 0. The number of morpholine rings is 1. The van der Waals surface area contributed by atoms with E-state index in [0.29, 0.717) is 38.8 Å². The fourth-order valence-electron chi connectivity index (χ4n) is 5.83. The molecule has 2 saturated carbocycles. The van der Waals surface area contributed by atoms with Gasteiger partial charge in [0.25, 0.3) is 0 Å². The summed E-state index contributed by atoms with van der Waals surface area (Å²) in [4.78, 5) is 30.3. The molecule has 0 radical (unpaired) electrons. The van der Waals surface area contributed by atoms with Crippen LogP contribution in [0.2, 0.25) is 0 Å². The van der Waals surface area contributed by atoms with Crippen molar-refractivity contribution >= 4 is 11.8 Å². The molecule has 4 fully saturated rings. The smallest absolute Gasteiger partial charge is 0.232 e. The van der Waals surface area contributed by atoms with Gasteiger partial charge < -0.3 is 14.5 Å². The molecule has 2 bridgehead atoms. The van der Waals surface area contributed by atoms with Crippen LogP contribution in [0.5, 0.6) is 0 Å². The Bertz CT molecular complexity index is 623. The van der Waals surface area contributed by atoms with Crippen molar-refractivity contribution in [1.82, 2.24) is 9.80 Å². The van der Waals surface area contributed by atoms with Crippen LogP contribution in [0.4, 0.5) is 0 Å². The van der Waals surface area contributed by atoms with Gasteiger partial charge in [-0.1, -0.05) is 26.0 Å². The van der Waals surface area contributed by atoms with Gasteiger partial charge in [-0.2, -0.15) is 0 Å². The summed E-state index contributed by atoms with van der Waals surface area (Å²) in [6.07, 6.45) is 4.83. The second-order valence-corrected chi connectivity index (χ2v) is 9.25. The Morgan fingerprint density at radius 1 is 1.12 bits per heavy atom. The lowest BCUT2D eigenvalue weighted by atomic mass is 9.68. The predicted octanol–water partition coefficient (Wildman–Crippen LogP) is 2.47. The third kappa shape index (κ3) is 2.62. The number of likely N-dealkylation sites (tertiary alicyclic amines) is 1. The Morgan fingerprint density at radius 2 is 1.85 bits per heavy atom. The number of carbonyl (C=O) groups excluding carboxylic acids is 2. The maximum atomic E-state index is 13.5. The van der Waals surface area contributed by atoms with Crippen molar-refractivity contribution in [1.29, 1.82) is 0 Å². The minimum absolute atomic E-state index is 0.0536. The number of hydrogen-bond donors (Lipinski definition) is 0. The molecular weight excluding hydrogens is 328 g/mol. The molecule has 26 heavy (non-hydrogen) atoms. The number of piperidine rings is 1. The van der Waals surface area contributed by atoms with E-state index in [2.05, 4.69) is 20.4 Å². The lowest BCUT2D eigenvalue weighted by Gasteiger charge is -2.42. The molecule has 2 amide bonds. The number of nitrogens with zero attached hydrogens (tertiary/aromatic N) is 2. The molecule has 2 aliphatic carbocycles. The van der Waals surface area contributed by atoms with E-state index in [1.165, 1.54) is 0 Å². The first kappa shape index (κ1) is 18.0. The van der Waals surface area contributed by atoms with E-state index in [-0.39, 0.29) is 28.6 Å². The lowest BCUT2D eigenvalue weighted by molar-refractivity contribution is -0.147. The molecule has 0 aromatic heterocycles. The highest BCUT2D eigenvalue weighted by atomic mass is 16.5. The highest BCUT2D eigenvalue weighted by Crippen LogP contribution is 2.66. The Kier molecular flexibility index (Phi) is 4.41. The van der Waals surface area contributed by atoms with Crippen LogP contribution in [0, 0.1) is 22.7 Å². The van der Waals surface area contributed by atoms with Crippen LogP contribution >= 0.6 is 0 Å². The highest BCUT2D eigenvalue weighted by molar-refractivity contribution is 5.88. The molecule has 0 aromatic carbocycles. The molecule has 5 heteroatoms. The molecule has 2 aliphatic heterocycles. The number of amides is 2. The van der Waals surface area contributed by atoms with E-state index >= 15 is 0 Å². The van der Waals surface area contributed by atoms with E-state index < -0.39 is 0 Å². The fourth-order valence-corrected chi connectivity index (χ4v) is 5.83. The van der Waals surface area contributed by atoms with Crippen LogP contribution in [-0.4, -0.2) is 61.0 Å². The van der Waals surface area contributed by atoms with Gasteiger partial charge in [0.1, 0.15) is 0 Å². The third-order valence-corrected chi connectivity index (χ3v) is 7.68. The molecule has 5 nitrogen and oxygen atoms in total. The second-order valence-electron chi connectivity index (χ2n) is 9.25. The standard InChI is InChI=1S/C21H32N2O3/c1-15-20(2,3)17-6-7-21(15,13-17)19(25)23-8-4-5-16(14-23)18(24)22-9-11-26-12-10-22/h16-17H,1,4-14H2,2-3H3/t16-,17-,21+/m0/s1. The summed E-state index contributed by atoms with van der Waals surface area (Å²) in [6, 6.07) is 0. The Balaban J connectivity index is 1.47. The molecule has 4 aliphatic rings. The van der Waals surface area contributed by atoms with Gasteiger partial charge in [0.2, 0.25) is 11.8 Å². The van der Waals surface area contributed by atoms with Gasteiger partial charge in [0.15, 0.2) is 0 Å². The van der Waals surface area contributed by atoms with Crippen molar-refractivity contribution in [2.75, 3.05) is 39.4 Å². The molecule has 0 aromatic rings. The summed E-state index contributed by atoms with van der Waals surface area (Å²) in [5.74, 6) is 0.977. The highest BCUT2D eigenvalue weighted by Gasteiger charge is 2.61. The van der Waals surface area contributed by atoms with E-state index in [9.17, 15) is 9.59 Å². The van der Waals surface area contributed by atoms with Crippen LogP contribution in [0.25, 0.3) is 0 Å². The first-order valence-corrected chi connectivity index (χ1v) is 10.2. The fraction of sp³-hybridized carbons (Fsp3) is 0.810. The number of rotatable bonds is 2. The average molecular weight is 360 g/mol. The zero-order valence-corrected chi connectivity index (χ0v) is 16.3. The summed E-state index contributed by atoms with van der Waals surface area (Å²) in [5.41, 5.74) is 0.831. The van der Waals surface area contributed by atoms with Crippen LogP contribution in [-0.2, 0) is 14.3 Å². The van der Waals surface area contributed by atoms with E-state index in [1.807, 2.05) is 9.80 Å². The first-order chi connectivity index (χ1) is 12.4. The number of carbonyl (C=O) groups is 2. The van der Waals surface area contributed by atoms with E-state index in [1.54, 1.807) is 0 Å². The average Bonchev–Trinajstić information content (AvgIpc) is 3.20. The summed E-state index contributed by atoms with van der Waals surface area (Å²) >= 11 is 0. The molecular formula is C21H32N2O3. The molecule has 4 rings (SSSR count). The van der Waals surface area contributed by atoms with Crippen molar-refractivity contribution in [3.8, 4) is 0 Å². The van der Waals surface area contributed by atoms with Crippen LogP contribution in [0.1, 0.15) is 46.0 Å². The summed E-state index contributed by atoms with van der Waals surface area (Å²) < 4.78 is 5.36. The minimum atomic E-state index is -0.363. The molecule has 0 spiro atoms. The quantitative estimate of drug-likeness (QED) is 0.711. The first-order valence-electron chi connectivity index (χ1n) is 10.2. The van der Waals surface area contributed by atoms with E-state index in [4.69, 9.17) is 4.74 Å². The van der Waals surface area contributed by atoms with Crippen LogP contribution < -0.4 is 0 Å². The molecule has 3 atom stereocenters. The van der Waals surface area contributed by atoms with Crippen LogP contribution in [0.3, 0.4) is 0 Å². The summed E-state index contributed by atoms with van der Waals surface area (Å²) in [7, 11) is 0. The molecule has 0 unspecified atom stereocenters. The molecule has 0 N–H and O–H groups in total. The maximum absolute atomic E-state index is 13.5. The normalized spacial score (nSPS) is 36.5. The minimum Gasteiger partial charge on any atom is -0.378 e. The Hall–Kier alpha value is -1.36. The van der Waals surface area contributed by atoms with Gasteiger partial charge in [0, 0.05) is 26.2 Å². The zero-order chi connectivity index (χ0) is 18.5. The monoisotopic (exact) mass is 360 g/mol. The third-order valence-electron chi connectivity index (χ3n) is 7.68. The maximum Gasteiger partial charge on any atom is 0.232 e. The Morgan fingerprint density at radius 3 is 2.50 bits per heavy atom. The van der Waals surface area contributed by atoms with Gasteiger partial charge in [0.05, 0.1) is 24.5 Å². The van der Waals surface area contributed by atoms with Crippen molar-refractivity contribution < 1.29 is 14.3 Å². The topological polar surface area (TPSA) is 49.9 Å². The number of hydrogen-bond acceptors (Lipinski definition) is 3. The van der Waals surface area contributed by atoms with Crippen LogP contribution in [0.15, 0.2) is 12.2 Å². The van der Waals surface area contributed by atoms with Gasteiger partial charge >= 0.3 is 0 Å². The molecule has 2 saturated heterocycles. The van der Waals surface area contributed by atoms with Gasteiger partial charge in [-0.3, -0.25) is 9.59 Å². The lowest BCUT2D eigenvalue weighted by Crippen LogP contribution is -2.52. The number of ether oxygens (including phenoxy) is 1. The largest absolute Gasteiger partial charge is 0.378 e.